The number of benzene rings is 1. The molecular weight excluding hydrogens is 388 g/mol. The zero-order chi connectivity index (χ0) is 21.7. The number of allylic oxidation sites excluding steroid dienone is 1. The van der Waals surface area contributed by atoms with E-state index >= 15 is 0 Å². The van der Waals surface area contributed by atoms with Gasteiger partial charge in [0.25, 0.3) is 5.91 Å². The molecule has 5 heteroatoms. The van der Waals surface area contributed by atoms with Crippen molar-refractivity contribution in [2.45, 2.75) is 75.7 Å². The number of nitrogens with one attached hydrogen (secondary N) is 1. The molecule has 2 amide bonds. The highest BCUT2D eigenvalue weighted by Gasteiger charge is 2.54. The highest BCUT2D eigenvalue weighted by Crippen LogP contribution is 2.49. The Kier molecular flexibility index (Phi) is 7.11. The first-order valence-corrected chi connectivity index (χ1v) is 12.0. The first kappa shape index (κ1) is 22.1. The molecule has 5 nitrogen and oxygen atoms in total. The van der Waals surface area contributed by atoms with Gasteiger partial charge in [-0.15, -0.1) is 0 Å². The standard InChI is InChI=1S/C26H36N2O3/c1-31-19-18-28-25(30)22-13-7-6-12-21(22)23(26(28)15-8-3-9-16-26)24(29)27-17-14-20-10-4-2-5-11-20/h6-7,10,12-13,23H,2-5,8-9,11,14-19H2,1H3,(H,27,29)/t23-/m0/s1. The molecule has 0 radical (unpaired) electrons. The van der Waals surface area contributed by atoms with Gasteiger partial charge in [0.1, 0.15) is 0 Å². The number of ether oxygens (including phenoxy) is 1. The molecule has 1 heterocycles. The molecule has 1 aromatic rings. The molecule has 1 atom stereocenters. The fourth-order valence-corrected chi connectivity index (χ4v) is 5.93. The van der Waals surface area contributed by atoms with E-state index in [9.17, 15) is 9.59 Å². The van der Waals surface area contributed by atoms with E-state index in [2.05, 4.69) is 11.4 Å². The zero-order valence-electron chi connectivity index (χ0n) is 18.8. The molecule has 4 rings (SSSR count). The lowest BCUT2D eigenvalue weighted by atomic mass is 9.65. The quantitative estimate of drug-likeness (QED) is 0.652. The van der Waals surface area contributed by atoms with E-state index in [0.29, 0.717) is 25.3 Å². The van der Waals surface area contributed by atoms with E-state index in [4.69, 9.17) is 4.74 Å². The van der Waals surface area contributed by atoms with Crippen LogP contribution in [0.1, 0.15) is 86.0 Å². The molecule has 1 fully saturated rings. The minimum atomic E-state index is -0.448. The second kappa shape index (κ2) is 9.99. The average Bonchev–Trinajstić information content (AvgIpc) is 2.80. The van der Waals surface area contributed by atoms with Crippen LogP contribution < -0.4 is 5.32 Å². The normalized spacial score (nSPS) is 22.7. The lowest BCUT2D eigenvalue weighted by molar-refractivity contribution is -0.127. The summed E-state index contributed by atoms with van der Waals surface area (Å²) in [7, 11) is 1.67. The summed E-state index contributed by atoms with van der Waals surface area (Å²) in [6, 6.07) is 7.72. The van der Waals surface area contributed by atoms with E-state index in [1.54, 1.807) is 7.11 Å². The van der Waals surface area contributed by atoms with Gasteiger partial charge in [0.15, 0.2) is 0 Å². The van der Waals surface area contributed by atoms with Crippen molar-refractivity contribution >= 4 is 11.8 Å². The number of rotatable bonds is 7. The summed E-state index contributed by atoms with van der Waals surface area (Å²) < 4.78 is 5.34. The number of nitrogens with zero attached hydrogens (tertiary/aromatic N) is 1. The largest absolute Gasteiger partial charge is 0.383 e. The molecular formula is C26H36N2O3. The number of carbonyl (C=O) groups is 2. The Labute approximate surface area is 186 Å². The van der Waals surface area contributed by atoms with Crippen LogP contribution in [0.4, 0.5) is 0 Å². The smallest absolute Gasteiger partial charge is 0.254 e. The summed E-state index contributed by atoms with van der Waals surface area (Å²) in [5.41, 5.74) is 2.60. The summed E-state index contributed by atoms with van der Waals surface area (Å²) in [4.78, 5) is 29.2. The Hall–Kier alpha value is -2.14. The van der Waals surface area contributed by atoms with Crippen LogP contribution in [0.15, 0.2) is 35.9 Å². The Balaban J connectivity index is 1.62. The predicted octanol–water partition coefficient (Wildman–Crippen LogP) is 4.58. The van der Waals surface area contributed by atoms with Gasteiger partial charge in [-0.3, -0.25) is 9.59 Å². The summed E-state index contributed by atoms with van der Waals surface area (Å²) in [6.45, 7) is 1.68. The minimum absolute atomic E-state index is 0.0472. The minimum Gasteiger partial charge on any atom is -0.383 e. The van der Waals surface area contributed by atoms with E-state index in [0.717, 1.165) is 50.5 Å². The maximum absolute atomic E-state index is 13.7. The Morgan fingerprint density at radius 2 is 1.97 bits per heavy atom. The number of hydrogen-bond donors (Lipinski definition) is 1. The highest BCUT2D eigenvalue weighted by molar-refractivity contribution is 6.02. The van der Waals surface area contributed by atoms with Gasteiger partial charge in [0.2, 0.25) is 5.91 Å². The van der Waals surface area contributed by atoms with Crippen LogP contribution in [0, 0.1) is 0 Å². The van der Waals surface area contributed by atoms with Gasteiger partial charge in [0.05, 0.1) is 18.1 Å². The molecule has 1 aliphatic heterocycles. The highest BCUT2D eigenvalue weighted by atomic mass is 16.5. The van der Waals surface area contributed by atoms with Gasteiger partial charge < -0.3 is 15.0 Å². The summed E-state index contributed by atoms with van der Waals surface area (Å²) >= 11 is 0. The molecule has 3 aliphatic rings. The van der Waals surface area contributed by atoms with Crippen LogP contribution in [0.5, 0.6) is 0 Å². The zero-order valence-corrected chi connectivity index (χ0v) is 18.8. The van der Waals surface area contributed by atoms with Crippen LogP contribution in [0.2, 0.25) is 0 Å². The van der Waals surface area contributed by atoms with Gasteiger partial charge in [0, 0.05) is 25.8 Å². The van der Waals surface area contributed by atoms with Crippen LogP contribution in [-0.2, 0) is 9.53 Å². The fourth-order valence-electron chi connectivity index (χ4n) is 5.93. The molecule has 1 N–H and O–H groups in total. The topological polar surface area (TPSA) is 58.6 Å². The van der Waals surface area contributed by atoms with Crippen molar-refractivity contribution in [2.24, 2.45) is 0 Å². The van der Waals surface area contributed by atoms with Gasteiger partial charge in [-0.05, 0) is 56.6 Å². The van der Waals surface area contributed by atoms with Crippen molar-refractivity contribution in [2.75, 3.05) is 26.8 Å². The predicted molar refractivity (Wildman–Crippen MR) is 122 cm³/mol. The van der Waals surface area contributed by atoms with Crippen LogP contribution in [0.3, 0.4) is 0 Å². The Bertz CT molecular complexity index is 826. The van der Waals surface area contributed by atoms with Crippen molar-refractivity contribution in [3.8, 4) is 0 Å². The van der Waals surface area contributed by atoms with Crippen LogP contribution >= 0.6 is 0 Å². The molecule has 0 aromatic heterocycles. The molecule has 1 saturated carbocycles. The number of fused-ring (bicyclic) bond motifs is 1. The average molecular weight is 425 g/mol. The van der Waals surface area contributed by atoms with Gasteiger partial charge in [-0.2, -0.15) is 0 Å². The number of methoxy groups -OCH3 is 1. The lowest BCUT2D eigenvalue weighted by Gasteiger charge is -2.53. The van der Waals surface area contributed by atoms with Crippen LogP contribution in [-0.4, -0.2) is 49.1 Å². The van der Waals surface area contributed by atoms with E-state index in [1.165, 1.54) is 24.8 Å². The second-order valence-electron chi connectivity index (χ2n) is 9.28. The van der Waals surface area contributed by atoms with Gasteiger partial charge in [-0.1, -0.05) is 49.1 Å². The third kappa shape index (κ3) is 4.43. The number of hydrogen-bond acceptors (Lipinski definition) is 3. The van der Waals surface area contributed by atoms with Crippen molar-refractivity contribution in [3.63, 3.8) is 0 Å². The van der Waals surface area contributed by atoms with E-state index in [-0.39, 0.29) is 17.7 Å². The van der Waals surface area contributed by atoms with Crippen LogP contribution in [0.25, 0.3) is 0 Å². The third-order valence-electron chi connectivity index (χ3n) is 7.45. The van der Waals surface area contributed by atoms with E-state index < -0.39 is 5.54 Å². The second-order valence-corrected chi connectivity index (χ2v) is 9.28. The van der Waals surface area contributed by atoms with Crippen molar-refractivity contribution in [3.05, 3.63) is 47.0 Å². The first-order valence-electron chi connectivity index (χ1n) is 12.0. The first-order chi connectivity index (χ1) is 15.2. The van der Waals surface area contributed by atoms with Gasteiger partial charge >= 0.3 is 0 Å². The van der Waals surface area contributed by atoms with Crippen molar-refractivity contribution in [1.29, 1.82) is 0 Å². The Morgan fingerprint density at radius 1 is 1.16 bits per heavy atom. The number of amides is 2. The van der Waals surface area contributed by atoms with E-state index in [1.807, 2.05) is 29.2 Å². The molecule has 168 valence electrons. The summed E-state index contributed by atoms with van der Waals surface area (Å²) in [6.07, 6.45) is 13.2. The van der Waals surface area contributed by atoms with Crippen molar-refractivity contribution < 1.29 is 14.3 Å². The molecule has 0 unspecified atom stereocenters. The molecule has 2 aliphatic carbocycles. The maximum atomic E-state index is 13.7. The molecule has 1 spiro atoms. The molecule has 0 bridgehead atoms. The SMILES string of the molecule is COCCN1C(=O)c2ccccc2[C@@H](C(=O)NCCC2=CCCCC2)C12CCCCC2. The summed E-state index contributed by atoms with van der Waals surface area (Å²) in [5.74, 6) is -0.203. The molecule has 1 aromatic carbocycles. The summed E-state index contributed by atoms with van der Waals surface area (Å²) in [5, 5.41) is 3.25. The third-order valence-corrected chi connectivity index (χ3v) is 7.45. The fraction of sp³-hybridized carbons (Fsp3) is 0.615. The maximum Gasteiger partial charge on any atom is 0.254 e. The molecule has 0 saturated heterocycles. The van der Waals surface area contributed by atoms with Crippen molar-refractivity contribution in [1.82, 2.24) is 10.2 Å². The monoisotopic (exact) mass is 424 g/mol. The van der Waals surface area contributed by atoms with Gasteiger partial charge in [-0.25, -0.2) is 0 Å². The Morgan fingerprint density at radius 3 is 2.71 bits per heavy atom. The number of carbonyl (C=O) groups excluding carboxylic acids is 2. The molecule has 31 heavy (non-hydrogen) atoms. The lowest BCUT2D eigenvalue weighted by Crippen LogP contribution is -2.63.